The van der Waals surface area contributed by atoms with Crippen LogP contribution in [0.15, 0.2) is 24.3 Å². The van der Waals surface area contributed by atoms with Gasteiger partial charge >= 0.3 is 5.97 Å². The summed E-state index contributed by atoms with van der Waals surface area (Å²) >= 11 is 0. The maximum atomic E-state index is 13.7. The zero-order chi connectivity index (χ0) is 14.5. The lowest BCUT2D eigenvalue weighted by atomic mass is 9.83. The molecule has 0 atom stereocenters. The van der Waals surface area contributed by atoms with Crippen LogP contribution >= 0.6 is 0 Å². The van der Waals surface area contributed by atoms with E-state index in [1.165, 1.54) is 6.07 Å². The van der Waals surface area contributed by atoms with Crippen molar-refractivity contribution in [3.63, 3.8) is 0 Å². The van der Waals surface area contributed by atoms with E-state index < -0.39 is 17.2 Å². The van der Waals surface area contributed by atoms with Gasteiger partial charge in [0.05, 0.1) is 5.41 Å². The van der Waals surface area contributed by atoms with Gasteiger partial charge in [-0.05, 0) is 26.3 Å². The van der Waals surface area contributed by atoms with Gasteiger partial charge in [-0.2, -0.15) is 0 Å². The van der Waals surface area contributed by atoms with Crippen LogP contribution in [0.5, 0.6) is 0 Å². The maximum absolute atomic E-state index is 13.7. The minimum absolute atomic E-state index is 0.000403. The first-order valence-electron chi connectivity index (χ1n) is 6.11. The van der Waals surface area contributed by atoms with Gasteiger partial charge in [-0.25, -0.2) is 4.39 Å². The lowest BCUT2D eigenvalue weighted by molar-refractivity contribution is -0.137. The highest BCUT2D eigenvalue weighted by molar-refractivity contribution is 5.87. The van der Waals surface area contributed by atoms with E-state index in [2.05, 4.69) is 5.32 Å². The van der Waals surface area contributed by atoms with Gasteiger partial charge in [0.15, 0.2) is 0 Å². The molecule has 1 amide bonds. The highest BCUT2D eigenvalue weighted by Crippen LogP contribution is 2.25. The van der Waals surface area contributed by atoms with Gasteiger partial charge in [0.1, 0.15) is 5.82 Å². The third-order valence-corrected chi connectivity index (χ3v) is 2.97. The Kier molecular flexibility index (Phi) is 5.03. The Balaban J connectivity index is 2.64. The molecule has 0 aromatic heterocycles. The van der Waals surface area contributed by atoms with Crippen LogP contribution in [0.2, 0.25) is 0 Å². The number of hydrogen-bond acceptors (Lipinski definition) is 2. The molecule has 1 aromatic rings. The molecule has 0 saturated carbocycles. The number of hydrogen-bond donors (Lipinski definition) is 2. The van der Waals surface area contributed by atoms with E-state index in [1.807, 2.05) is 0 Å². The van der Waals surface area contributed by atoms with Crippen molar-refractivity contribution in [1.82, 2.24) is 5.32 Å². The van der Waals surface area contributed by atoms with Crippen LogP contribution in [0.4, 0.5) is 4.39 Å². The van der Waals surface area contributed by atoms with Crippen molar-refractivity contribution < 1.29 is 19.1 Å². The van der Waals surface area contributed by atoms with Crippen LogP contribution in [0.1, 0.15) is 32.3 Å². The average molecular weight is 267 g/mol. The predicted octanol–water partition coefficient (Wildman–Crippen LogP) is 2.08. The highest BCUT2D eigenvalue weighted by atomic mass is 19.1. The summed E-state index contributed by atoms with van der Waals surface area (Å²) in [5.74, 6) is -1.64. The van der Waals surface area contributed by atoms with Gasteiger partial charge in [0.25, 0.3) is 0 Å². The molecule has 1 rings (SSSR count). The minimum atomic E-state index is -0.992. The minimum Gasteiger partial charge on any atom is -0.481 e. The van der Waals surface area contributed by atoms with Crippen molar-refractivity contribution >= 4 is 11.9 Å². The normalized spacial score (nSPS) is 11.1. The van der Waals surface area contributed by atoms with Crippen molar-refractivity contribution in [2.45, 2.75) is 32.1 Å². The monoisotopic (exact) mass is 267 g/mol. The molecule has 0 saturated heterocycles. The number of rotatable bonds is 6. The summed E-state index contributed by atoms with van der Waals surface area (Å²) in [7, 11) is 0. The number of benzene rings is 1. The van der Waals surface area contributed by atoms with Crippen molar-refractivity contribution in [3.8, 4) is 0 Å². The smallest absolute Gasteiger partial charge is 0.303 e. The van der Waals surface area contributed by atoms with E-state index in [0.717, 1.165) is 0 Å². The van der Waals surface area contributed by atoms with E-state index in [0.29, 0.717) is 12.0 Å². The van der Waals surface area contributed by atoms with Crippen LogP contribution < -0.4 is 5.32 Å². The number of carbonyl (C=O) groups is 2. The second kappa shape index (κ2) is 6.31. The summed E-state index contributed by atoms with van der Waals surface area (Å²) in [6.45, 7) is 3.54. The number of carboxylic acids is 1. The van der Waals surface area contributed by atoms with E-state index in [1.54, 1.807) is 32.0 Å². The van der Waals surface area contributed by atoms with Gasteiger partial charge in [-0.15, -0.1) is 0 Å². The molecule has 0 aliphatic heterocycles. The number of aliphatic carboxylic acids is 1. The van der Waals surface area contributed by atoms with Crippen molar-refractivity contribution in [3.05, 3.63) is 35.6 Å². The second-order valence-corrected chi connectivity index (χ2v) is 4.86. The Hall–Kier alpha value is -1.91. The molecular weight excluding hydrogens is 249 g/mol. The van der Waals surface area contributed by atoms with Crippen LogP contribution in [-0.2, 0) is 15.0 Å². The number of amides is 1. The zero-order valence-corrected chi connectivity index (χ0v) is 11.1. The van der Waals surface area contributed by atoms with E-state index in [9.17, 15) is 14.0 Å². The zero-order valence-electron chi connectivity index (χ0n) is 11.1. The molecular formula is C14H18FNO3. The first kappa shape index (κ1) is 15.1. The molecule has 4 nitrogen and oxygen atoms in total. The van der Waals surface area contributed by atoms with Gasteiger partial charge in [0, 0.05) is 18.5 Å². The van der Waals surface area contributed by atoms with Crippen LogP contribution in [0, 0.1) is 5.82 Å². The van der Waals surface area contributed by atoms with Crippen LogP contribution in [0.3, 0.4) is 0 Å². The Morgan fingerprint density at radius 2 is 1.95 bits per heavy atom. The SMILES string of the molecule is CC(C)(C(=O)NCCCC(=O)O)c1ccccc1F. The third kappa shape index (κ3) is 4.05. The van der Waals surface area contributed by atoms with Crippen molar-refractivity contribution in [2.24, 2.45) is 0 Å². The maximum Gasteiger partial charge on any atom is 0.303 e. The van der Waals surface area contributed by atoms with Gasteiger partial charge in [0.2, 0.25) is 5.91 Å². The highest BCUT2D eigenvalue weighted by Gasteiger charge is 2.31. The Morgan fingerprint density at radius 1 is 1.32 bits per heavy atom. The molecule has 0 spiro atoms. The van der Waals surface area contributed by atoms with Crippen molar-refractivity contribution in [2.75, 3.05) is 6.54 Å². The molecule has 0 fully saturated rings. The molecule has 0 bridgehead atoms. The number of carbonyl (C=O) groups excluding carboxylic acids is 1. The van der Waals surface area contributed by atoms with Gasteiger partial charge < -0.3 is 10.4 Å². The summed E-state index contributed by atoms with van der Waals surface area (Å²) in [5, 5.41) is 11.1. The lowest BCUT2D eigenvalue weighted by Gasteiger charge is -2.24. The van der Waals surface area contributed by atoms with E-state index in [-0.39, 0.29) is 18.9 Å². The van der Waals surface area contributed by atoms with E-state index in [4.69, 9.17) is 5.11 Å². The Bertz CT molecular complexity index is 472. The third-order valence-electron chi connectivity index (χ3n) is 2.97. The van der Waals surface area contributed by atoms with Crippen molar-refractivity contribution in [1.29, 1.82) is 0 Å². The molecule has 0 aliphatic carbocycles. The predicted molar refractivity (Wildman–Crippen MR) is 69.3 cm³/mol. The first-order valence-corrected chi connectivity index (χ1v) is 6.11. The number of nitrogens with one attached hydrogen (secondary N) is 1. The molecule has 0 radical (unpaired) electrons. The fraction of sp³-hybridized carbons (Fsp3) is 0.429. The largest absolute Gasteiger partial charge is 0.481 e. The fourth-order valence-electron chi connectivity index (χ4n) is 1.75. The summed E-state index contributed by atoms with van der Waals surface area (Å²) in [4.78, 5) is 22.4. The molecule has 19 heavy (non-hydrogen) atoms. The van der Waals surface area contributed by atoms with Gasteiger partial charge in [-0.1, -0.05) is 18.2 Å². The standard InChI is InChI=1S/C14H18FNO3/c1-14(2,10-6-3-4-7-11(10)15)13(19)16-9-5-8-12(17)18/h3-4,6-7H,5,8-9H2,1-2H3,(H,16,19)(H,17,18). The molecule has 0 aliphatic rings. The Labute approximate surface area is 111 Å². The molecule has 0 unspecified atom stereocenters. The summed E-state index contributed by atoms with van der Waals surface area (Å²) in [6.07, 6.45) is 0.356. The van der Waals surface area contributed by atoms with E-state index >= 15 is 0 Å². The number of halogens is 1. The topological polar surface area (TPSA) is 66.4 Å². The van der Waals surface area contributed by atoms with Crippen LogP contribution in [-0.4, -0.2) is 23.5 Å². The average Bonchev–Trinajstić information content (AvgIpc) is 2.34. The fourth-order valence-corrected chi connectivity index (χ4v) is 1.75. The molecule has 1 aromatic carbocycles. The van der Waals surface area contributed by atoms with Crippen LogP contribution in [0.25, 0.3) is 0 Å². The summed E-state index contributed by atoms with van der Waals surface area (Å²) in [6, 6.07) is 6.14. The molecule has 0 heterocycles. The lowest BCUT2D eigenvalue weighted by Crippen LogP contribution is -2.41. The molecule has 5 heteroatoms. The second-order valence-electron chi connectivity index (χ2n) is 4.86. The Morgan fingerprint density at radius 3 is 2.53 bits per heavy atom. The quantitative estimate of drug-likeness (QED) is 0.775. The molecule has 2 N–H and O–H groups in total. The summed E-state index contributed by atoms with van der Waals surface area (Å²) in [5.41, 5.74) is -0.667. The summed E-state index contributed by atoms with van der Waals surface area (Å²) < 4.78 is 13.7. The number of carboxylic acid groups (broad SMARTS) is 1. The first-order chi connectivity index (χ1) is 8.85. The molecule has 104 valence electrons. The van der Waals surface area contributed by atoms with Gasteiger partial charge in [-0.3, -0.25) is 9.59 Å².